The first-order valence-electron chi connectivity index (χ1n) is 4.35. The number of carboxylic acid groups (broad SMARTS) is 2. The smallest absolute Gasteiger partial charge is 0.652 e. The number of anilines is 1. The number of likely N-dealkylation sites (N-methyl/N-ethyl adjacent to an activating group) is 1. The van der Waals surface area contributed by atoms with Crippen LogP contribution in [0.3, 0.4) is 0 Å². The second kappa shape index (κ2) is 10.9. The maximum Gasteiger partial charge on any atom is 1.00 e. The molecule has 90 valence electrons. The van der Waals surface area contributed by atoms with Gasteiger partial charge in [0.25, 0.3) is 11.7 Å². The van der Waals surface area contributed by atoms with Crippen LogP contribution in [0.2, 0.25) is 0 Å². The molecule has 1 heterocycles. The summed E-state index contributed by atoms with van der Waals surface area (Å²) in [6.45, 7) is 0. The Bertz CT molecular complexity index is 505. The van der Waals surface area contributed by atoms with Gasteiger partial charge in [-0.15, -0.1) is 0 Å². The molecule has 2 rings (SSSR count). The van der Waals surface area contributed by atoms with Gasteiger partial charge in [0.1, 0.15) is 0 Å². The number of amides is 1. The van der Waals surface area contributed by atoms with Crippen molar-refractivity contribution in [3.63, 3.8) is 0 Å². The van der Waals surface area contributed by atoms with Gasteiger partial charge in [-0.3, -0.25) is 9.59 Å². The predicted molar refractivity (Wildman–Crippen MR) is 57.3 cm³/mol. The molecule has 1 aliphatic heterocycles. The summed E-state index contributed by atoms with van der Waals surface area (Å²) in [4.78, 5) is 32.4. The van der Waals surface area contributed by atoms with Crippen molar-refractivity contribution >= 4 is 39.5 Å². The summed E-state index contributed by atoms with van der Waals surface area (Å²) in [6.07, 6.45) is -2.33. The molecule has 0 atom stereocenters. The van der Waals surface area contributed by atoms with Gasteiger partial charge in [0.2, 0.25) is 0 Å². The molecule has 19 heavy (non-hydrogen) atoms. The molecular formula is C10H6BrCs2NO5. The summed E-state index contributed by atoms with van der Waals surface area (Å²) in [5.74, 6) is -0.910. The van der Waals surface area contributed by atoms with Crippen molar-refractivity contribution in [2.24, 2.45) is 0 Å². The van der Waals surface area contributed by atoms with Gasteiger partial charge in [0, 0.05) is 11.5 Å². The number of halogens is 1. The summed E-state index contributed by atoms with van der Waals surface area (Å²) in [5, 5.41) is 16.7. The number of Topliss-reactive ketones (excluding diaryl/α,β-unsaturated/α-hetero) is 1. The minimum atomic E-state index is -2.33. The average Bonchev–Trinajstić information content (AvgIpc) is 2.44. The quantitative estimate of drug-likeness (QED) is 0.291. The van der Waals surface area contributed by atoms with E-state index in [9.17, 15) is 9.59 Å². The van der Waals surface area contributed by atoms with Crippen LogP contribution in [0.25, 0.3) is 0 Å². The Kier molecular flexibility index (Phi) is 13.4. The standard InChI is InChI=1S/C9H6BrNO2.CH2O3.2Cs/c1-11-6-4-2-3-5(10)7(6)8(12)9(11)13;2-1(3)4;;/h2-4H,1H3;(H2,2,3,4);;/q;;2*+1/p-2. The Morgan fingerprint density at radius 3 is 2.11 bits per heavy atom. The average molecular weight is 566 g/mol. The molecule has 1 aromatic carbocycles. The van der Waals surface area contributed by atoms with Gasteiger partial charge >= 0.3 is 138 Å². The zero-order chi connectivity index (χ0) is 13.2. The third kappa shape index (κ3) is 6.46. The molecule has 0 spiro atoms. The molecule has 9 heteroatoms. The summed E-state index contributed by atoms with van der Waals surface area (Å²) in [6, 6.07) is 5.30. The van der Waals surface area contributed by atoms with Crippen LogP contribution in [0.1, 0.15) is 10.4 Å². The fourth-order valence-corrected chi connectivity index (χ4v) is 1.92. The molecule has 6 nitrogen and oxygen atoms in total. The number of fused-ring (bicyclic) bond motifs is 1. The number of carbonyl (C=O) groups is 3. The Labute approximate surface area is 235 Å². The topological polar surface area (TPSA) is 101 Å². The van der Waals surface area contributed by atoms with Crippen LogP contribution < -0.4 is 153 Å². The van der Waals surface area contributed by atoms with Gasteiger partial charge < -0.3 is 19.9 Å². The van der Waals surface area contributed by atoms with Crippen molar-refractivity contribution in [3.8, 4) is 0 Å². The van der Waals surface area contributed by atoms with Gasteiger partial charge in [-0.1, -0.05) is 6.07 Å². The van der Waals surface area contributed by atoms with Gasteiger partial charge in [0.15, 0.2) is 0 Å². The maximum absolute atomic E-state index is 11.4. The van der Waals surface area contributed by atoms with Crippen LogP contribution >= 0.6 is 15.9 Å². The van der Waals surface area contributed by atoms with E-state index in [-0.39, 0.29) is 138 Å². The number of rotatable bonds is 0. The van der Waals surface area contributed by atoms with Crippen molar-refractivity contribution in [1.82, 2.24) is 0 Å². The molecule has 0 unspecified atom stereocenters. The molecule has 0 saturated heterocycles. The van der Waals surface area contributed by atoms with E-state index in [1.165, 1.54) is 4.90 Å². The first-order valence-corrected chi connectivity index (χ1v) is 5.14. The fraction of sp³-hybridized carbons (Fsp3) is 0.100. The summed E-state index contributed by atoms with van der Waals surface area (Å²) in [7, 11) is 1.60. The molecule has 0 radical (unpaired) electrons. The Balaban J connectivity index is 0. The van der Waals surface area contributed by atoms with Crippen LogP contribution in [0, 0.1) is 0 Å². The van der Waals surface area contributed by atoms with Gasteiger partial charge in [-0.2, -0.15) is 0 Å². The summed E-state index contributed by atoms with van der Waals surface area (Å²) >= 11 is 3.24. The first-order chi connectivity index (χ1) is 7.86. The van der Waals surface area contributed by atoms with Gasteiger partial charge in [-0.05, 0) is 34.2 Å². The third-order valence-corrected chi connectivity index (χ3v) is 2.74. The van der Waals surface area contributed by atoms with E-state index in [1.54, 1.807) is 25.2 Å². The van der Waals surface area contributed by atoms with E-state index in [0.717, 1.165) is 0 Å². The third-order valence-electron chi connectivity index (χ3n) is 2.08. The zero-order valence-electron chi connectivity index (χ0n) is 10.6. The SMILES string of the molecule is CN1C(=O)C(=O)c2c(Br)cccc21.O=C([O-])[O-].[Cs+].[Cs+]. The van der Waals surface area contributed by atoms with E-state index in [1.807, 2.05) is 0 Å². The monoisotopic (exact) mass is 565 g/mol. The Morgan fingerprint density at radius 1 is 1.21 bits per heavy atom. The first kappa shape index (κ1) is 23.5. The fourth-order valence-electron chi connectivity index (χ4n) is 1.39. The van der Waals surface area contributed by atoms with Crippen molar-refractivity contribution in [3.05, 3.63) is 28.2 Å². The second-order valence-corrected chi connectivity index (χ2v) is 3.93. The van der Waals surface area contributed by atoms with Gasteiger partial charge in [0.05, 0.1) is 11.3 Å². The van der Waals surface area contributed by atoms with Crippen LogP contribution in [-0.4, -0.2) is 24.9 Å². The van der Waals surface area contributed by atoms with Crippen LogP contribution in [0.15, 0.2) is 22.7 Å². The number of benzene rings is 1. The molecule has 0 saturated carbocycles. The zero-order valence-corrected chi connectivity index (χ0v) is 24.7. The molecule has 0 aromatic heterocycles. The van der Waals surface area contributed by atoms with E-state index in [0.29, 0.717) is 15.7 Å². The minimum Gasteiger partial charge on any atom is -0.652 e. The van der Waals surface area contributed by atoms with Crippen molar-refractivity contribution in [2.45, 2.75) is 0 Å². The van der Waals surface area contributed by atoms with Crippen LogP contribution in [0.4, 0.5) is 10.5 Å². The number of ketones is 1. The Morgan fingerprint density at radius 2 is 1.68 bits per heavy atom. The predicted octanol–water partition coefficient (Wildman–Crippen LogP) is -6.83. The van der Waals surface area contributed by atoms with E-state index in [4.69, 9.17) is 15.0 Å². The van der Waals surface area contributed by atoms with Crippen molar-refractivity contribution < 1.29 is 162 Å². The van der Waals surface area contributed by atoms with E-state index < -0.39 is 17.8 Å². The maximum atomic E-state index is 11.4. The Hall–Kier alpha value is 2.21. The van der Waals surface area contributed by atoms with Crippen LogP contribution in [0.5, 0.6) is 0 Å². The van der Waals surface area contributed by atoms with E-state index in [2.05, 4.69) is 15.9 Å². The molecule has 0 bridgehead atoms. The summed E-state index contributed by atoms with van der Waals surface area (Å²) < 4.78 is 0.674. The normalized spacial score (nSPS) is 11.6. The van der Waals surface area contributed by atoms with Crippen LogP contribution in [-0.2, 0) is 4.79 Å². The molecule has 0 fully saturated rings. The number of hydrogen-bond donors (Lipinski definition) is 0. The summed E-state index contributed by atoms with van der Waals surface area (Å²) in [5.41, 5.74) is 1.14. The molecule has 0 N–H and O–H groups in total. The van der Waals surface area contributed by atoms with Crippen molar-refractivity contribution in [2.75, 3.05) is 11.9 Å². The minimum absolute atomic E-state index is 0. The number of nitrogens with zero attached hydrogens (tertiary/aromatic N) is 1. The second-order valence-electron chi connectivity index (χ2n) is 3.08. The molecule has 1 aliphatic rings. The molecule has 1 aromatic rings. The molecule has 0 aliphatic carbocycles. The molecule has 1 amide bonds. The van der Waals surface area contributed by atoms with Crippen molar-refractivity contribution in [1.29, 1.82) is 0 Å². The van der Waals surface area contributed by atoms with Gasteiger partial charge in [-0.25, -0.2) is 0 Å². The molecular weight excluding hydrogens is 560 g/mol. The number of hydrogen-bond acceptors (Lipinski definition) is 5. The van der Waals surface area contributed by atoms with E-state index >= 15 is 0 Å². The largest absolute Gasteiger partial charge is 1.00 e. The number of carbonyl (C=O) groups excluding carboxylic acids is 3.